The molecule has 114 valence electrons. The summed E-state index contributed by atoms with van der Waals surface area (Å²) in [5, 5.41) is 0.0917. The lowest BCUT2D eigenvalue weighted by Gasteiger charge is -2.22. The van der Waals surface area contributed by atoms with Crippen molar-refractivity contribution < 1.29 is 9.53 Å². The zero-order valence-corrected chi connectivity index (χ0v) is 14.1. The van der Waals surface area contributed by atoms with Crippen LogP contribution in [-0.2, 0) is 9.53 Å². The number of rotatable bonds is 6. The van der Waals surface area contributed by atoms with Crippen LogP contribution in [0.4, 0.5) is 0 Å². The minimum atomic E-state index is -0.521. The van der Waals surface area contributed by atoms with E-state index in [0.29, 0.717) is 5.76 Å². The topological polar surface area (TPSA) is 26.3 Å². The number of thioether (sulfide) groups is 1. The van der Waals surface area contributed by atoms with Crippen molar-refractivity contribution >= 4 is 23.8 Å². The minimum Gasteiger partial charge on any atom is -0.429 e. The molecule has 0 radical (unpaired) electrons. The van der Waals surface area contributed by atoms with Gasteiger partial charge in [0.25, 0.3) is 0 Å². The van der Waals surface area contributed by atoms with Gasteiger partial charge in [0, 0.05) is 0 Å². The van der Waals surface area contributed by atoms with Crippen LogP contribution in [-0.4, -0.2) is 17.5 Å². The molecule has 0 spiro atoms. The number of benzene rings is 1. The lowest BCUT2D eigenvalue weighted by molar-refractivity contribution is -0.148. The smallest absolute Gasteiger partial charge is 0.316 e. The van der Waals surface area contributed by atoms with Crippen LogP contribution in [0.5, 0.6) is 0 Å². The van der Waals surface area contributed by atoms with E-state index in [2.05, 4.69) is 6.58 Å². The minimum absolute atomic E-state index is 0.0917. The van der Waals surface area contributed by atoms with Crippen molar-refractivity contribution in [2.75, 3.05) is 6.26 Å². The molecular weight excluding hydrogens is 280 g/mol. The number of hydrogen-bond acceptors (Lipinski definition) is 3. The zero-order chi connectivity index (χ0) is 15.9. The highest BCUT2D eigenvalue weighted by Gasteiger charge is 2.26. The predicted molar refractivity (Wildman–Crippen MR) is 92.1 cm³/mol. The Bertz CT molecular complexity index is 498. The lowest BCUT2D eigenvalue weighted by atomic mass is 9.97. The Kier molecular flexibility index (Phi) is 6.76. The Labute approximate surface area is 132 Å². The number of hydrogen-bond donors (Lipinski definition) is 0. The van der Waals surface area contributed by atoms with E-state index in [-0.39, 0.29) is 11.2 Å². The zero-order valence-electron chi connectivity index (χ0n) is 13.3. The second kappa shape index (κ2) is 8.08. The fraction of sp³-hybridized carbons (Fsp3) is 0.389. The molecule has 1 aromatic rings. The molecule has 3 heteroatoms. The summed E-state index contributed by atoms with van der Waals surface area (Å²) in [6.07, 6.45) is 6.56. The first-order valence-electron chi connectivity index (χ1n) is 7.01. The van der Waals surface area contributed by atoms with Crippen molar-refractivity contribution in [1.29, 1.82) is 0 Å². The third-order valence-electron chi connectivity index (χ3n) is 2.91. The van der Waals surface area contributed by atoms with Crippen molar-refractivity contribution in [3.8, 4) is 0 Å². The van der Waals surface area contributed by atoms with Gasteiger partial charge in [-0.1, -0.05) is 36.4 Å². The van der Waals surface area contributed by atoms with Crippen LogP contribution in [0.15, 0.2) is 48.7 Å². The summed E-state index contributed by atoms with van der Waals surface area (Å²) >= 11 is 1.66. The van der Waals surface area contributed by atoms with E-state index >= 15 is 0 Å². The monoisotopic (exact) mass is 304 g/mol. The molecule has 1 rings (SSSR count). The molecule has 0 saturated heterocycles. The third kappa shape index (κ3) is 5.80. The van der Waals surface area contributed by atoms with Gasteiger partial charge in [-0.2, -0.15) is 11.8 Å². The van der Waals surface area contributed by atoms with Crippen molar-refractivity contribution in [1.82, 2.24) is 0 Å². The predicted octanol–water partition coefficient (Wildman–Crippen LogP) is 4.92. The summed E-state index contributed by atoms with van der Waals surface area (Å²) in [6, 6.07) is 9.90. The average Bonchev–Trinajstić information content (AvgIpc) is 2.44. The van der Waals surface area contributed by atoms with E-state index in [1.54, 1.807) is 11.8 Å². The molecule has 0 heterocycles. The van der Waals surface area contributed by atoms with Crippen LogP contribution in [0.1, 0.15) is 32.8 Å². The maximum absolute atomic E-state index is 12.2. The van der Waals surface area contributed by atoms with Crippen LogP contribution in [0.3, 0.4) is 0 Å². The lowest BCUT2D eigenvalue weighted by Crippen LogP contribution is -2.25. The van der Waals surface area contributed by atoms with Crippen LogP contribution < -0.4 is 0 Å². The summed E-state index contributed by atoms with van der Waals surface area (Å²) in [5.74, 6) is 0.473. The number of allylic oxidation sites excluding steroid dienone is 1. The van der Waals surface area contributed by atoms with E-state index < -0.39 is 5.41 Å². The van der Waals surface area contributed by atoms with Gasteiger partial charge < -0.3 is 4.74 Å². The quantitative estimate of drug-likeness (QED) is 0.424. The molecule has 0 aromatic heterocycles. The maximum Gasteiger partial charge on any atom is 0.316 e. The fourth-order valence-corrected chi connectivity index (χ4v) is 2.32. The summed E-state index contributed by atoms with van der Waals surface area (Å²) in [6.45, 7) is 9.36. The van der Waals surface area contributed by atoms with Crippen molar-refractivity contribution in [3.05, 3.63) is 54.3 Å². The van der Waals surface area contributed by atoms with Crippen LogP contribution >= 0.6 is 11.8 Å². The van der Waals surface area contributed by atoms with Crippen LogP contribution in [0.25, 0.3) is 6.08 Å². The van der Waals surface area contributed by atoms with Gasteiger partial charge in [0.1, 0.15) is 5.76 Å². The molecule has 0 bridgehead atoms. The number of ether oxygens (including phenoxy) is 1. The van der Waals surface area contributed by atoms with Gasteiger partial charge in [0.15, 0.2) is 0 Å². The molecule has 0 N–H and O–H groups in total. The Balaban J connectivity index is 3.08. The second-order valence-corrected chi connectivity index (χ2v) is 6.89. The number of carbonyl (C=O) groups is 1. The first-order valence-corrected chi connectivity index (χ1v) is 8.30. The fourth-order valence-electron chi connectivity index (χ4n) is 1.64. The molecule has 0 saturated carbocycles. The summed E-state index contributed by atoms with van der Waals surface area (Å²) in [5.41, 5.74) is 0.504. The molecule has 0 amide bonds. The SMILES string of the molecule is C=CCC(SC)/C(=C/c1ccccc1)OC(=O)C(C)(C)C. The highest BCUT2D eigenvalue weighted by molar-refractivity contribution is 7.99. The third-order valence-corrected chi connectivity index (χ3v) is 3.91. The van der Waals surface area contributed by atoms with E-state index in [4.69, 9.17) is 4.74 Å². The summed E-state index contributed by atoms with van der Waals surface area (Å²) < 4.78 is 5.68. The molecule has 2 nitrogen and oxygen atoms in total. The van der Waals surface area contributed by atoms with E-state index in [0.717, 1.165) is 12.0 Å². The Morgan fingerprint density at radius 3 is 2.43 bits per heavy atom. The molecule has 1 atom stereocenters. The van der Waals surface area contributed by atoms with Gasteiger partial charge in [-0.3, -0.25) is 4.79 Å². The van der Waals surface area contributed by atoms with E-state index in [1.165, 1.54) is 0 Å². The second-order valence-electron chi connectivity index (χ2n) is 5.85. The standard InChI is InChI=1S/C18H24O2S/c1-6-10-16(21-5)15(20-17(19)18(2,3)4)13-14-11-8-7-9-12-14/h6-9,11-13,16H,1,10H2,2-5H3/b15-13-. The highest BCUT2D eigenvalue weighted by Crippen LogP contribution is 2.27. The molecule has 0 aliphatic rings. The van der Waals surface area contributed by atoms with Gasteiger partial charge in [-0.25, -0.2) is 0 Å². The molecule has 0 aliphatic heterocycles. The first kappa shape index (κ1) is 17.6. The molecule has 0 fully saturated rings. The molecule has 1 aromatic carbocycles. The van der Waals surface area contributed by atoms with E-state index in [1.807, 2.05) is 69.5 Å². The van der Waals surface area contributed by atoms with Crippen molar-refractivity contribution in [3.63, 3.8) is 0 Å². The summed E-state index contributed by atoms with van der Waals surface area (Å²) in [7, 11) is 0. The largest absolute Gasteiger partial charge is 0.429 e. The van der Waals surface area contributed by atoms with Gasteiger partial charge in [0.05, 0.1) is 10.7 Å². The van der Waals surface area contributed by atoms with Crippen molar-refractivity contribution in [2.24, 2.45) is 5.41 Å². The van der Waals surface area contributed by atoms with Gasteiger partial charge in [0.2, 0.25) is 0 Å². The molecular formula is C18H24O2S. The number of carbonyl (C=O) groups excluding carboxylic acids is 1. The van der Waals surface area contributed by atoms with E-state index in [9.17, 15) is 4.79 Å². The van der Waals surface area contributed by atoms with Gasteiger partial charge in [-0.15, -0.1) is 6.58 Å². The van der Waals surface area contributed by atoms with Gasteiger partial charge >= 0.3 is 5.97 Å². The van der Waals surface area contributed by atoms with Crippen molar-refractivity contribution in [2.45, 2.75) is 32.4 Å². The number of esters is 1. The molecule has 1 unspecified atom stereocenters. The average molecular weight is 304 g/mol. The molecule has 21 heavy (non-hydrogen) atoms. The highest BCUT2D eigenvalue weighted by atomic mass is 32.2. The van der Waals surface area contributed by atoms with Gasteiger partial charge in [-0.05, 0) is 45.1 Å². The first-order chi connectivity index (χ1) is 9.88. The van der Waals surface area contributed by atoms with Crippen LogP contribution in [0, 0.1) is 5.41 Å². The molecule has 0 aliphatic carbocycles. The van der Waals surface area contributed by atoms with Crippen LogP contribution in [0.2, 0.25) is 0 Å². The summed E-state index contributed by atoms with van der Waals surface area (Å²) in [4.78, 5) is 12.2. The Hall–Kier alpha value is -1.48. The maximum atomic E-state index is 12.2. The Morgan fingerprint density at radius 2 is 1.95 bits per heavy atom. The Morgan fingerprint density at radius 1 is 1.33 bits per heavy atom. The normalized spacial score (nSPS) is 13.6.